The van der Waals surface area contributed by atoms with Gasteiger partial charge in [-0.1, -0.05) is 6.58 Å². The summed E-state index contributed by atoms with van der Waals surface area (Å²) in [7, 11) is 0. The number of aromatic nitrogens is 4. The molecule has 3 N–H and O–H groups in total. The Bertz CT molecular complexity index is 640. The number of hydrogen-bond acceptors (Lipinski definition) is 5. The van der Waals surface area contributed by atoms with Crippen molar-refractivity contribution in [2.24, 2.45) is 11.8 Å². The lowest BCUT2D eigenvalue weighted by Gasteiger charge is -2.45. The van der Waals surface area contributed by atoms with E-state index >= 15 is 0 Å². The fourth-order valence-electron chi connectivity index (χ4n) is 2.77. The lowest BCUT2D eigenvalue weighted by Crippen LogP contribution is -2.43. The summed E-state index contributed by atoms with van der Waals surface area (Å²) in [4.78, 5) is 12.2. The Labute approximate surface area is 108 Å². The van der Waals surface area contributed by atoms with Gasteiger partial charge in [-0.15, -0.1) is 0 Å². The van der Waals surface area contributed by atoms with Crippen molar-refractivity contribution in [2.75, 3.05) is 19.0 Å². The summed E-state index contributed by atoms with van der Waals surface area (Å²) in [6.45, 7) is 3.32. The highest BCUT2D eigenvalue weighted by molar-refractivity contribution is 5.81. The molecule has 1 saturated carbocycles. The van der Waals surface area contributed by atoms with Gasteiger partial charge in [-0.3, -0.25) is 4.39 Å². The van der Waals surface area contributed by atoms with E-state index in [0.717, 1.165) is 5.57 Å². The first-order valence-corrected chi connectivity index (χ1v) is 5.97. The van der Waals surface area contributed by atoms with E-state index in [1.807, 2.05) is 0 Å². The third-order valence-corrected chi connectivity index (χ3v) is 3.84. The van der Waals surface area contributed by atoms with E-state index in [2.05, 4.69) is 21.5 Å². The third kappa shape index (κ3) is 1.54. The number of fused-ring (bicyclic) bond motifs is 1. The van der Waals surface area contributed by atoms with Gasteiger partial charge in [0.25, 0.3) is 0 Å². The molecular formula is C12H14FN5O. The molecule has 100 valence electrons. The third-order valence-electron chi connectivity index (χ3n) is 3.84. The fraction of sp³-hybridized carbons (Fsp3) is 0.417. The summed E-state index contributed by atoms with van der Waals surface area (Å²) in [5, 5.41) is 9.23. The van der Waals surface area contributed by atoms with Crippen molar-refractivity contribution in [2.45, 2.75) is 6.04 Å². The number of anilines is 1. The van der Waals surface area contributed by atoms with E-state index < -0.39 is 6.67 Å². The van der Waals surface area contributed by atoms with Gasteiger partial charge in [0.2, 0.25) is 0 Å². The lowest BCUT2D eigenvalue weighted by atomic mass is 9.66. The molecule has 6 nitrogen and oxygen atoms in total. The second-order valence-corrected chi connectivity index (χ2v) is 4.71. The largest absolute Gasteiger partial charge is 0.396 e. The van der Waals surface area contributed by atoms with Crippen LogP contribution in [0, 0.1) is 11.8 Å². The number of nitrogens with zero attached hydrogens (tertiary/aromatic N) is 4. The first-order chi connectivity index (χ1) is 9.19. The van der Waals surface area contributed by atoms with Crippen LogP contribution < -0.4 is 5.73 Å². The molecule has 1 fully saturated rings. The molecule has 3 rings (SSSR count). The summed E-state index contributed by atoms with van der Waals surface area (Å²) in [5.41, 5.74) is 7.58. The molecule has 0 saturated heterocycles. The van der Waals surface area contributed by atoms with E-state index in [0.29, 0.717) is 17.0 Å². The first-order valence-electron chi connectivity index (χ1n) is 5.97. The highest BCUT2D eigenvalue weighted by atomic mass is 19.1. The van der Waals surface area contributed by atoms with Gasteiger partial charge in [0.15, 0.2) is 11.5 Å². The Morgan fingerprint density at radius 2 is 2.21 bits per heavy atom. The first kappa shape index (κ1) is 12.0. The molecule has 7 heteroatoms. The number of nitrogen functional groups attached to an aromatic ring is 1. The minimum absolute atomic E-state index is 0.0896. The number of aliphatic hydroxyl groups is 1. The van der Waals surface area contributed by atoms with Crippen molar-refractivity contribution in [1.82, 2.24) is 19.5 Å². The summed E-state index contributed by atoms with van der Waals surface area (Å²) >= 11 is 0. The molecule has 0 radical (unpaired) electrons. The van der Waals surface area contributed by atoms with Crippen molar-refractivity contribution >= 4 is 17.0 Å². The second-order valence-electron chi connectivity index (χ2n) is 4.71. The van der Waals surface area contributed by atoms with Crippen molar-refractivity contribution in [3.8, 4) is 0 Å². The summed E-state index contributed by atoms with van der Waals surface area (Å²) in [5.74, 6) is -0.207. The predicted molar refractivity (Wildman–Crippen MR) is 68.0 cm³/mol. The molecule has 0 amide bonds. The molecule has 1 aliphatic carbocycles. The topological polar surface area (TPSA) is 89.9 Å². The van der Waals surface area contributed by atoms with Crippen molar-refractivity contribution in [3.05, 3.63) is 24.8 Å². The highest BCUT2D eigenvalue weighted by Crippen LogP contribution is 2.48. The van der Waals surface area contributed by atoms with Gasteiger partial charge in [0, 0.05) is 11.8 Å². The molecule has 0 aliphatic heterocycles. The summed E-state index contributed by atoms with van der Waals surface area (Å²) in [6, 6.07) is -0.235. The average molecular weight is 263 g/mol. The molecule has 2 aromatic rings. The van der Waals surface area contributed by atoms with Crippen LogP contribution in [0.25, 0.3) is 11.2 Å². The van der Waals surface area contributed by atoms with E-state index in [1.54, 1.807) is 10.9 Å². The van der Waals surface area contributed by atoms with Crippen molar-refractivity contribution in [3.63, 3.8) is 0 Å². The monoisotopic (exact) mass is 263 g/mol. The van der Waals surface area contributed by atoms with E-state index in [9.17, 15) is 9.50 Å². The molecule has 1 aliphatic rings. The molecule has 2 aromatic heterocycles. The second kappa shape index (κ2) is 4.27. The minimum Gasteiger partial charge on any atom is -0.396 e. The van der Waals surface area contributed by atoms with Gasteiger partial charge in [-0.2, -0.15) is 0 Å². The Balaban J connectivity index is 2.06. The lowest BCUT2D eigenvalue weighted by molar-refractivity contribution is 0.0826. The molecule has 0 unspecified atom stereocenters. The van der Waals surface area contributed by atoms with Crippen LogP contribution in [-0.4, -0.2) is 37.9 Å². The molecular weight excluding hydrogens is 249 g/mol. The van der Waals surface area contributed by atoms with Gasteiger partial charge < -0.3 is 15.4 Å². The summed E-state index contributed by atoms with van der Waals surface area (Å²) in [6.07, 6.45) is 2.92. The Kier molecular flexibility index (Phi) is 2.70. The predicted octanol–water partition coefficient (Wildman–Crippen LogP) is 0.714. The number of rotatable bonds is 3. The van der Waals surface area contributed by atoms with Gasteiger partial charge in [0.1, 0.15) is 11.8 Å². The number of halogens is 1. The number of nitrogens with two attached hydrogens (primary N) is 1. The Morgan fingerprint density at radius 1 is 1.42 bits per heavy atom. The van der Waals surface area contributed by atoms with Gasteiger partial charge >= 0.3 is 0 Å². The molecule has 0 bridgehead atoms. The van der Waals surface area contributed by atoms with E-state index in [4.69, 9.17) is 5.73 Å². The smallest absolute Gasteiger partial charge is 0.165 e. The van der Waals surface area contributed by atoms with Crippen molar-refractivity contribution < 1.29 is 9.50 Å². The van der Waals surface area contributed by atoms with Crippen LogP contribution in [0.15, 0.2) is 24.8 Å². The zero-order chi connectivity index (χ0) is 13.6. The van der Waals surface area contributed by atoms with Crippen LogP contribution in [0.3, 0.4) is 0 Å². The molecule has 3 atom stereocenters. The number of aliphatic hydroxyl groups excluding tert-OH is 1. The summed E-state index contributed by atoms with van der Waals surface area (Å²) < 4.78 is 14.9. The quantitative estimate of drug-likeness (QED) is 0.796. The maximum atomic E-state index is 13.1. The van der Waals surface area contributed by atoms with Crippen LogP contribution in [0.1, 0.15) is 6.04 Å². The van der Waals surface area contributed by atoms with Crippen LogP contribution in [0.5, 0.6) is 0 Å². The zero-order valence-electron chi connectivity index (χ0n) is 10.2. The average Bonchev–Trinajstić information content (AvgIpc) is 2.81. The maximum Gasteiger partial charge on any atom is 0.165 e. The Morgan fingerprint density at radius 3 is 2.89 bits per heavy atom. The number of imidazole rings is 1. The van der Waals surface area contributed by atoms with Gasteiger partial charge in [0.05, 0.1) is 25.7 Å². The molecule has 19 heavy (non-hydrogen) atoms. The fourth-order valence-corrected chi connectivity index (χ4v) is 2.77. The maximum absolute atomic E-state index is 13.1. The van der Waals surface area contributed by atoms with Crippen LogP contribution >= 0.6 is 0 Å². The van der Waals surface area contributed by atoms with E-state index in [1.165, 1.54) is 6.33 Å². The van der Waals surface area contributed by atoms with Crippen LogP contribution in [-0.2, 0) is 0 Å². The van der Waals surface area contributed by atoms with Crippen molar-refractivity contribution in [1.29, 1.82) is 0 Å². The minimum atomic E-state index is -0.519. The number of hydrogen-bond donors (Lipinski definition) is 2. The zero-order valence-corrected chi connectivity index (χ0v) is 10.2. The normalized spacial score (nSPS) is 26.6. The highest BCUT2D eigenvalue weighted by Gasteiger charge is 2.46. The van der Waals surface area contributed by atoms with Crippen LogP contribution in [0.2, 0.25) is 0 Å². The van der Waals surface area contributed by atoms with Gasteiger partial charge in [-0.25, -0.2) is 15.0 Å². The molecule has 0 spiro atoms. The van der Waals surface area contributed by atoms with Crippen LogP contribution in [0.4, 0.5) is 10.2 Å². The standard InChI is InChI=1S/C12H14FN5O/c1-6-8(3-19)7(2-13)10(6)18-5-17-9-11(14)15-4-16-12(9)18/h4-5,7-8,10,19H,1-3H2,(H2,14,15,16)/t7-,8+,10-/m1/s1. The van der Waals surface area contributed by atoms with E-state index in [-0.39, 0.29) is 24.5 Å². The Hall–Kier alpha value is -2.02. The molecule has 0 aromatic carbocycles. The SMILES string of the molecule is C=C1[C@@H](n2cnc3c(N)ncnc32)[C@H](CF)[C@H]1CO. The molecule has 2 heterocycles. The van der Waals surface area contributed by atoms with Gasteiger partial charge in [-0.05, 0) is 5.57 Å². The number of alkyl halides is 1.